The fraction of sp³-hybridized carbons (Fsp3) is 0.417. The minimum Gasteiger partial charge on any atom is -0.348 e. The molecule has 0 spiro atoms. The van der Waals surface area contributed by atoms with Crippen LogP contribution in [0.4, 0.5) is 5.13 Å². The molecule has 0 saturated carbocycles. The molecule has 1 aromatic carbocycles. The van der Waals surface area contributed by atoms with Gasteiger partial charge in [-0.1, -0.05) is 11.3 Å². The molecule has 5 heterocycles. The zero-order valence-electron chi connectivity index (χ0n) is 18.5. The van der Waals surface area contributed by atoms with Crippen molar-refractivity contribution in [1.29, 1.82) is 5.26 Å². The summed E-state index contributed by atoms with van der Waals surface area (Å²) in [5, 5.41) is 16.0. The largest absolute Gasteiger partial charge is 0.348 e. The average Bonchev–Trinajstić information content (AvgIpc) is 3.43. The first-order valence-electron chi connectivity index (χ1n) is 11.1. The molecule has 0 radical (unpaired) electrons. The van der Waals surface area contributed by atoms with E-state index in [2.05, 4.69) is 52.2 Å². The first-order valence-corrected chi connectivity index (χ1v) is 11.9. The van der Waals surface area contributed by atoms with Crippen molar-refractivity contribution in [2.45, 2.75) is 43.8 Å². The summed E-state index contributed by atoms with van der Waals surface area (Å²) in [5.74, 6) is 0. The third-order valence-corrected chi connectivity index (χ3v) is 8.43. The Morgan fingerprint density at radius 1 is 1.16 bits per heavy atom. The highest BCUT2D eigenvalue weighted by Crippen LogP contribution is 2.39. The number of thiazole rings is 1. The Labute approximate surface area is 190 Å². The van der Waals surface area contributed by atoms with Gasteiger partial charge in [-0.2, -0.15) is 10.4 Å². The Hall–Kier alpha value is -3.02. The van der Waals surface area contributed by atoms with Crippen LogP contribution >= 0.6 is 11.3 Å². The lowest BCUT2D eigenvalue weighted by Crippen LogP contribution is -2.47. The van der Waals surface area contributed by atoms with Gasteiger partial charge in [-0.3, -0.25) is 9.67 Å². The van der Waals surface area contributed by atoms with E-state index in [4.69, 9.17) is 4.98 Å². The fourth-order valence-electron chi connectivity index (χ4n) is 5.47. The number of nitrogens with zero attached hydrogens (tertiary/aromatic N) is 7. The maximum absolute atomic E-state index is 9.60. The van der Waals surface area contributed by atoms with Crippen molar-refractivity contribution in [2.24, 2.45) is 7.05 Å². The van der Waals surface area contributed by atoms with E-state index in [1.807, 2.05) is 25.5 Å². The molecule has 162 valence electrons. The number of anilines is 1. The Bertz CT molecular complexity index is 1370. The second-order valence-corrected chi connectivity index (χ2v) is 10.2. The minimum atomic E-state index is 0.544. The van der Waals surface area contributed by atoms with Crippen LogP contribution < -0.4 is 4.90 Å². The maximum atomic E-state index is 9.60. The van der Waals surface area contributed by atoms with E-state index in [1.54, 1.807) is 16.0 Å². The van der Waals surface area contributed by atoms with E-state index in [9.17, 15) is 5.26 Å². The highest BCUT2D eigenvalue weighted by molar-refractivity contribution is 7.22. The number of hydrogen-bond donors (Lipinski definition) is 0. The van der Waals surface area contributed by atoms with E-state index < -0.39 is 0 Å². The van der Waals surface area contributed by atoms with Crippen LogP contribution in [-0.2, 0) is 7.05 Å². The number of fused-ring (bicyclic) bond motifs is 4. The lowest BCUT2D eigenvalue weighted by molar-refractivity contribution is 0.161. The lowest BCUT2D eigenvalue weighted by atomic mass is 9.97. The highest BCUT2D eigenvalue weighted by Gasteiger charge is 2.40. The SMILES string of the molecule is CN(c1nc2cnc(-c3cc(C#N)c4nn(C)cc4c3)cc2s1)[C@@H]1C[C@H]2CC[C@@H](C1)N2C. The van der Waals surface area contributed by atoms with E-state index in [0.717, 1.165) is 37.5 Å². The smallest absolute Gasteiger partial charge is 0.186 e. The summed E-state index contributed by atoms with van der Waals surface area (Å²) in [6.45, 7) is 0. The first-order chi connectivity index (χ1) is 15.5. The number of piperidine rings is 1. The van der Waals surface area contributed by atoms with Crippen molar-refractivity contribution in [3.05, 3.63) is 36.2 Å². The quantitative estimate of drug-likeness (QED) is 0.473. The summed E-state index contributed by atoms with van der Waals surface area (Å²) in [4.78, 5) is 14.5. The van der Waals surface area contributed by atoms with E-state index >= 15 is 0 Å². The summed E-state index contributed by atoms with van der Waals surface area (Å²) < 4.78 is 2.87. The van der Waals surface area contributed by atoms with E-state index in [0.29, 0.717) is 23.7 Å². The molecule has 7 nitrogen and oxygen atoms in total. The number of rotatable bonds is 3. The lowest BCUT2D eigenvalue weighted by Gasteiger charge is -2.40. The summed E-state index contributed by atoms with van der Waals surface area (Å²) >= 11 is 1.73. The molecule has 4 aromatic rings. The third kappa shape index (κ3) is 3.07. The van der Waals surface area contributed by atoms with Crippen LogP contribution in [0.3, 0.4) is 0 Å². The molecular formula is C24H25N7S. The highest BCUT2D eigenvalue weighted by atomic mass is 32.1. The second kappa shape index (κ2) is 7.26. The molecule has 32 heavy (non-hydrogen) atoms. The van der Waals surface area contributed by atoms with Crippen molar-refractivity contribution >= 4 is 37.6 Å². The van der Waals surface area contributed by atoms with Gasteiger partial charge in [-0.05, 0) is 50.9 Å². The van der Waals surface area contributed by atoms with Gasteiger partial charge in [0.2, 0.25) is 0 Å². The molecule has 0 aliphatic carbocycles. The van der Waals surface area contributed by atoms with Crippen LogP contribution in [0.1, 0.15) is 31.2 Å². The molecule has 0 N–H and O–H groups in total. The minimum absolute atomic E-state index is 0.544. The molecule has 2 fully saturated rings. The molecule has 3 atom stereocenters. The van der Waals surface area contributed by atoms with E-state index in [-0.39, 0.29) is 0 Å². The number of nitriles is 1. The predicted octanol–water partition coefficient (Wildman–Crippen LogP) is 4.18. The number of aromatic nitrogens is 4. The van der Waals surface area contributed by atoms with Crippen LogP contribution in [0.5, 0.6) is 0 Å². The van der Waals surface area contributed by atoms with Crippen LogP contribution in [0, 0.1) is 11.3 Å². The van der Waals surface area contributed by atoms with E-state index in [1.165, 1.54) is 25.7 Å². The van der Waals surface area contributed by atoms with Crippen molar-refractivity contribution < 1.29 is 0 Å². The van der Waals surface area contributed by atoms with Gasteiger partial charge in [-0.25, -0.2) is 4.98 Å². The van der Waals surface area contributed by atoms with Crippen LogP contribution in [0.25, 0.3) is 32.4 Å². The molecule has 2 aliphatic heterocycles. The van der Waals surface area contributed by atoms with Crippen molar-refractivity contribution in [3.8, 4) is 17.3 Å². The van der Waals surface area contributed by atoms with Gasteiger partial charge in [0, 0.05) is 49.4 Å². The summed E-state index contributed by atoms with van der Waals surface area (Å²) in [7, 11) is 6.34. The first kappa shape index (κ1) is 19.6. The molecule has 0 unspecified atom stereocenters. The van der Waals surface area contributed by atoms with Crippen molar-refractivity contribution in [3.63, 3.8) is 0 Å². The number of pyridine rings is 1. The fourth-order valence-corrected chi connectivity index (χ4v) is 6.48. The van der Waals surface area contributed by atoms with Gasteiger partial charge in [0.25, 0.3) is 0 Å². The van der Waals surface area contributed by atoms with Gasteiger partial charge < -0.3 is 9.80 Å². The van der Waals surface area contributed by atoms with Crippen molar-refractivity contribution in [1.82, 2.24) is 24.6 Å². The topological polar surface area (TPSA) is 73.9 Å². The Balaban J connectivity index is 1.33. The standard InChI is InChI=1S/C24H25N7S/c1-29-13-16-7-14(6-15(11-25)23(16)28-29)20-10-22-21(12-26-20)27-24(32-22)31(3)19-8-17-4-5-18(9-19)30(17)2/h6-7,10,12-13,17-19H,4-5,8-9H2,1-3H3/t17-,18+,19-. The van der Waals surface area contributed by atoms with Gasteiger partial charge in [0.1, 0.15) is 17.1 Å². The van der Waals surface area contributed by atoms with Crippen molar-refractivity contribution in [2.75, 3.05) is 19.0 Å². The summed E-state index contributed by atoms with van der Waals surface area (Å²) in [5.41, 5.74) is 4.02. The number of hydrogen-bond acceptors (Lipinski definition) is 7. The van der Waals surface area contributed by atoms with Crippen LogP contribution in [-0.4, -0.2) is 56.9 Å². The molecule has 8 heteroatoms. The zero-order chi connectivity index (χ0) is 22.0. The summed E-state index contributed by atoms with van der Waals surface area (Å²) in [6.07, 6.45) is 8.87. The Morgan fingerprint density at radius 2 is 1.94 bits per heavy atom. The molecule has 2 aliphatic rings. The molecule has 0 amide bonds. The van der Waals surface area contributed by atoms with Crippen LogP contribution in [0.2, 0.25) is 0 Å². The predicted molar refractivity (Wildman–Crippen MR) is 128 cm³/mol. The number of aryl methyl sites for hydroxylation is 1. The Morgan fingerprint density at radius 3 is 2.69 bits per heavy atom. The molecule has 2 bridgehead atoms. The van der Waals surface area contributed by atoms with Gasteiger partial charge in [0.15, 0.2) is 5.13 Å². The molecular weight excluding hydrogens is 418 g/mol. The average molecular weight is 444 g/mol. The molecule has 3 aromatic heterocycles. The number of benzene rings is 1. The Kier molecular flexibility index (Phi) is 4.46. The van der Waals surface area contributed by atoms with Gasteiger partial charge in [0.05, 0.1) is 22.2 Å². The normalized spacial score (nSPS) is 23.1. The monoisotopic (exact) mass is 443 g/mol. The van der Waals surface area contributed by atoms with Crippen LogP contribution in [0.15, 0.2) is 30.6 Å². The maximum Gasteiger partial charge on any atom is 0.186 e. The van der Waals surface area contributed by atoms with Gasteiger partial charge >= 0.3 is 0 Å². The zero-order valence-corrected chi connectivity index (χ0v) is 19.3. The second-order valence-electron chi connectivity index (χ2n) is 9.20. The van der Waals surface area contributed by atoms with Gasteiger partial charge in [-0.15, -0.1) is 0 Å². The molecule has 6 rings (SSSR count). The molecule has 2 saturated heterocycles. The third-order valence-electron chi connectivity index (χ3n) is 7.33. The summed E-state index contributed by atoms with van der Waals surface area (Å²) in [6, 6.07) is 10.3.